The Balaban J connectivity index is 1.12. The molecule has 0 radical (unpaired) electrons. The second kappa shape index (κ2) is 17.2. The first-order valence-corrected chi connectivity index (χ1v) is 24.3. The summed E-state index contributed by atoms with van der Waals surface area (Å²) in [5.74, 6) is 0. The molecule has 70 heavy (non-hydrogen) atoms. The zero-order valence-electron chi connectivity index (χ0n) is 38.6. The van der Waals surface area contributed by atoms with Crippen molar-refractivity contribution in [2.24, 2.45) is 0 Å². The van der Waals surface area contributed by atoms with Gasteiger partial charge in [-0.25, -0.2) is 0 Å². The number of fused-ring (bicyclic) bond motifs is 6. The molecule has 0 saturated heterocycles. The zero-order chi connectivity index (χ0) is 46.4. The van der Waals surface area contributed by atoms with Gasteiger partial charge in [0.1, 0.15) is 0 Å². The average molecular weight is 890 g/mol. The molecule has 12 aromatic carbocycles. The lowest BCUT2D eigenvalue weighted by atomic mass is 9.68. The van der Waals surface area contributed by atoms with Gasteiger partial charge in [-0.3, -0.25) is 0 Å². The first kappa shape index (κ1) is 41.2. The van der Waals surface area contributed by atoms with Crippen molar-refractivity contribution < 1.29 is 0 Å². The van der Waals surface area contributed by atoms with Crippen LogP contribution in [0.15, 0.2) is 285 Å². The molecule has 1 aliphatic rings. The Labute approximate surface area is 409 Å². The second-order valence-electron chi connectivity index (χ2n) is 18.3. The van der Waals surface area contributed by atoms with E-state index in [-0.39, 0.29) is 0 Å². The highest BCUT2D eigenvalue weighted by molar-refractivity contribution is 6.22. The minimum absolute atomic E-state index is 0.556. The molecule has 12 aromatic rings. The van der Waals surface area contributed by atoms with Crippen LogP contribution in [0.2, 0.25) is 0 Å². The van der Waals surface area contributed by atoms with Gasteiger partial charge in [0.05, 0.1) is 22.5 Å². The monoisotopic (exact) mass is 889 g/mol. The van der Waals surface area contributed by atoms with Gasteiger partial charge in [-0.1, -0.05) is 261 Å². The number of anilines is 3. The van der Waals surface area contributed by atoms with E-state index in [2.05, 4.69) is 290 Å². The number of para-hydroxylation sites is 2. The van der Waals surface area contributed by atoms with Gasteiger partial charge in [0, 0.05) is 16.7 Å². The maximum atomic E-state index is 2.55. The largest absolute Gasteiger partial charge is 0.309 e. The van der Waals surface area contributed by atoms with Crippen molar-refractivity contribution in [1.82, 2.24) is 0 Å². The van der Waals surface area contributed by atoms with Crippen LogP contribution in [0.4, 0.5) is 17.1 Å². The first-order valence-electron chi connectivity index (χ1n) is 24.3. The molecule has 328 valence electrons. The van der Waals surface area contributed by atoms with Crippen molar-refractivity contribution in [2.45, 2.75) is 5.41 Å². The molecule has 0 saturated carbocycles. The standard InChI is InChI=1S/C69H47N/c1-6-25-48(26-7-1)54-35-19-22-42-63(54)70(65-44-24-41-62-68(65)59-39-18-21-40-61(59)69(62,52-31-12-4-13-32-52)53-33-14-5-15-34-53)64-43-23-20-36-55(64)51-45-46-57-56-37-16-17-38-58(56)66(49-27-8-2-9-28-49)67(60(57)47-51)50-29-10-3-11-30-50/h1-47H. The summed E-state index contributed by atoms with van der Waals surface area (Å²) in [5.41, 5.74) is 19.8. The molecular weight excluding hydrogens is 843 g/mol. The smallest absolute Gasteiger partial charge is 0.0714 e. The Bertz CT molecular complexity index is 3820. The fourth-order valence-electron chi connectivity index (χ4n) is 11.7. The number of rotatable bonds is 9. The van der Waals surface area contributed by atoms with Crippen LogP contribution >= 0.6 is 0 Å². The van der Waals surface area contributed by atoms with E-state index >= 15 is 0 Å². The minimum atomic E-state index is -0.556. The highest BCUT2D eigenvalue weighted by Crippen LogP contribution is 2.60. The summed E-state index contributed by atoms with van der Waals surface area (Å²) in [7, 11) is 0. The predicted octanol–water partition coefficient (Wildman–Crippen LogP) is 18.5. The molecule has 0 aliphatic heterocycles. The molecule has 0 atom stereocenters. The maximum Gasteiger partial charge on any atom is 0.0714 e. The topological polar surface area (TPSA) is 3.24 Å². The molecule has 0 bridgehead atoms. The van der Waals surface area contributed by atoms with Crippen LogP contribution in [0.1, 0.15) is 22.3 Å². The maximum absolute atomic E-state index is 2.55. The zero-order valence-corrected chi connectivity index (χ0v) is 38.6. The molecule has 1 heteroatoms. The second-order valence-corrected chi connectivity index (χ2v) is 18.3. The van der Waals surface area contributed by atoms with E-state index in [1.807, 2.05) is 0 Å². The lowest BCUT2D eigenvalue weighted by Gasteiger charge is -2.35. The summed E-state index contributed by atoms with van der Waals surface area (Å²) in [6.45, 7) is 0. The molecule has 0 N–H and O–H groups in total. The van der Waals surface area contributed by atoms with Crippen molar-refractivity contribution >= 4 is 38.6 Å². The van der Waals surface area contributed by atoms with Crippen LogP contribution in [0.3, 0.4) is 0 Å². The molecule has 0 spiro atoms. The van der Waals surface area contributed by atoms with E-state index in [1.54, 1.807) is 0 Å². The van der Waals surface area contributed by atoms with Crippen LogP contribution in [-0.2, 0) is 5.41 Å². The predicted molar refractivity (Wildman–Crippen MR) is 295 cm³/mol. The number of benzene rings is 12. The van der Waals surface area contributed by atoms with E-state index in [1.165, 1.54) is 77.2 Å². The third kappa shape index (κ3) is 6.55. The van der Waals surface area contributed by atoms with Gasteiger partial charge in [0.2, 0.25) is 0 Å². The third-order valence-corrected chi connectivity index (χ3v) is 14.5. The first-order chi connectivity index (χ1) is 34.8. The van der Waals surface area contributed by atoms with Crippen LogP contribution in [-0.4, -0.2) is 0 Å². The lowest BCUT2D eigenvalue weighted by molar-refractivity contribution is 0.768. The Kier molecular flexibility index (Phi) is 10.1. The van der Waals surface area contributed by atoms with E-state index in [9.17, 15) is 0 Å². The fraction of sp³-hybridized carbons (Fsp3) is 0.0145. The summed E-state index contributed by atoms with van der Waals surface area (Å²) in [6.07, 6.45) is 0. The summed E-state index contributed by atoms with van der Waals surface area (Å²) in [6, 6.07) is 105. The summed E-state index contributed by atoms with van der Waals surface area (Å²) in [5, 5.41) is 4.94. The quantitative estimate of drug-likeness (QED) is 0.131. The van der Waals surface area contributed by atoms with Gasteiger partial charge in [-0.15, -0.1) is 0 Å². The van der Waals surface area contributed by atoms with E-state index in [0.717, 1.165) is 39.3 Å². The Hall–Kier alpha value is -9.04. The van der Waals surface area contributed by atoms with E-state index < -0.39 is 5.41 Å². The molecule has 0 amide bonds. The molecule has 13 rings (SSSR count). The van der Waals surface area contributed by atoms with Gasteiger partial charge in [0.25, 0.3) is 0 Å². The van der Waals surface area contributed by atoms with Crippen molar-refractivity contribution in [3.8, 4) is 55.6 Å². The Morgan fingerprint density at radius 2 is 0.643 bits per heavy atom. The van der Waals surface area contributed by atoms with Crippen LogP contribution in [0.25, 0.3) is 77.2 Å². The van der Waals surface area contributed by atoms with Gasteiger partial charge >= 0.3 is 0 Å². The normalized spacial score (nSPS) is 12.4. The summed E-state index contributed by atoms with van der Waals surface area (Å²) >= 11 is 0. The molecule has 0 heterocycles. The van der Waals surface area contributed by atoms with Gasteiger partial charge in [-0.2, -0.15) is 0 Å². The molecular formula is C69H47N. The SMILES string of the molecule is c1ccc(-c2ccccc2N(c2ccccc2-c2ccc3c(c2)c(-c2ccccc2)c(-c2ccccc2)c2ccccc23)c2cccc3c2-c2ccccc2C3(c2ccccc2)c2ccccc2)cc1. The van der Waals surface area contributed by atoms with E-state index in [4.69, 9.17) is 0 Å². The van der Waals surface area contributed by atoms with Crippen molar-refractivity contribution in [3.63, 3.8) is 0 Å². The van der Waals surface area contributed by atoms with E-state index in [0.29, 0.717) is 0 Å². The fourth-order valence-corrected chi connectivity index (χ4v) is 11.7. The minimum Gasteiger partial charge on any atom is -0.309 e. The Morgan fingerprint density at radius 1 is 0.229 bits per heavy atom. The van der Waals surface area contributed by atoms with Crippen LogP contribution in [0.5, 0.6) is 0 Å². The molecule has 1 aliphatic carbocycles. The lowest BCUT2D eigenvalue weighted by Crippen LogP contribution is -2.28. The summed E-state index contributed by atoms with van der Waals surface area (Å²) < 4.78 is 0. The van der Waals surface area contributed by atoms with Crippen molar-refractivity contribution in [3.05, 3.63) is 307 Å². The highest BCUT2D eigenvalue weighted by atomic mass is 15.2. The van der Waals surface area contributed by atoms with Gasteiger partial charge < -0.3 is 4.90 Å². The van der Waals surface area contributed by atoms with Gasteiger partial charge in [0.15, 0.2) is 0 Å². The average Bonchev–Trinajstić information content (AvgIpc) is 3.76. The molecule has 0 fully saturated rings. The van der Waals surface area contributed by atoms with Gasteiger partial charge in [-0.05, 0) is 107 Å². The number of hydrogen-bond donors (Lipinski definition) is 0. The number of nitrogens with zero attached hydrogens (tertiary/aromatic N) is 1. The number of hydrogen-bond acceptors (Lipinski definition) is 1. The van der Waals surface area contributed by atoms with Crippen molar-refractivity contribution in [1.29, 1.82) is 0 Å². The third-order valence-electron chi connectivity index (χ3n) is 14.5. The molecule has 0 unspecified atom stereocenters. The summed E-state index contributed by atoms with van der Waals surface area (Å²) in [4.78, 5) is 2.55. The Morgan fingerprint density at radius 3 is 1.24 bits per heavy atom. The van der Waals surface area contributed by atoms with Crippen molar-refractivity contribution in [2.75, 3.05) is 4.90 Å². The van der Waals surface area contributed by atoms with Crippen LogP contribution < -0.4 is 4.90 Å². The van der Waals surface area contributed by atoms with Crippen LogP contribution in [0, 0.1) is 0 Å². The molecule has 1 nitrogen and oxygen atoms in total. The molecule has 0 aromatic heterocycles. The highest BCUT2D eigenvalue weighted by Gasteiger charge is 2.47.